The number of carbonyl (C=O) groups is 2. The van der Waals surface area contributed by atoms with Crippen molar-refractivity contribution in [2.24, 2.45) is 0 Å². The predicted octanol–water partition coefficient (Wildman–Crippen LogP) is 5.05. The van der Waals surface area contributed by atoms with E-state index in [1.165, 1.54) is 6.08 Å². The van der Waals surface area contributed by atoms with Crippen LogP contribution in [0.4, 0.5) is 5.69 Å². The number of carbonyl (C=O) groups excluding carboxylic acids is 2. The number of halogens is 1. The zero-order valence-electron chi connectivity index (χ0n) is 14.9. The van der Waals surface area contributed by atoms with Crippen LogP contribution in [-0.4, -0.2) is 18.5 Å². The third-order valence-electron chi connectivity index (χ3n) is 3.98. The smallest absolute Gasteiger partial charge is 0.331 e. The van der Waals surface area contributed by atoms with E-state index < -0.39 is 5.97 Å². The Hall–Kier alpha value is -2.59. The fourth-order valence-corrected chi connectivity index (χ4v) is 2.60. The highest BCUT2D eigenvalue weighted by atomic mass is 35.5. The van der Waals surface area contributed by atoms with Crippen molar-refractivity contribution in [1.82, 2.24) is 0 Å². The number of esters is 1. The number of nitrogens with one attached hydrogen (secondary N) is 1. The molecule has 0 unspecified atom stereocenters. The monoisotopic (exact) mass is 371 g/mol. The van der Waals surface area contributed by atoms with Crippen LogP contribution in [0.1, 0.15) is 37.3 Å². The van der Waals surface area contributed by atoms with E-state index >= 15 is 0 Å². The highest BCUT2D eigenvalue weighted by Gasteiger charge is 2.12. The van der Waals surface area contributed by atoms with Gasteiger partial charge in [0.2, 0.25) is 0 Å². The van der Waals surface area contributed by atoms with Crippen LogP contribution in [0.25, 0.3) is 6.08 Å². The molecule has 0 aliphatic carbocycles. The van der Waals surface area contributed by atoms with E-state index in [1.54, 1.807) is 24.3 Å². The molecule has 0 spiro atoms. The number of ether oxygens (including phenoxy) is 1. The summed E-state index contributed by atoms with van der Waals surface area (Å²) in [6.07, 6.45) is 3.83. The van der Waals surface area contributed by atoms with Gasteiger partial charge >= 0.3 is 5.97 Å². The van der Waals surface area contributed by atoms with Crippen molar-refractivity contribution in [2.75, 3.05) is 11.9 Å². The van der Waals surface area contributed by atoms with Gasteiger partial charge in [0.1, 0.15) is 0 Å². The van der Waals surface area contributed by atoms with Crippen molar-refractivity contribution in [3.05, 3.63) is 70.8 Å². The van der Waals surface area contributed by atoms with E-state index in [1.807, 2.05) is 30.3 Å². The van der Waals surface area contributed by atoms with Crippen LogP contribution in [0.3, 0.4) is 0 Å². The molecule has 136 valence electrons. The molecule has 0 aromatic heterocycles. The lowest BCUT2D eigenvalue weighted by molar-refractivity contribution is -0.142. The summed E-state index contributed by atoms with van der Waals surface area (Å²) in [4.78, 5) is 23.8. The molecule has 0 saturated heterocycles. The van der Waals surface area contributed by atoms with Crippen molar-refractivity contribution in [2.45, 2.75) is 26.2 Å². The number of hydrogen-bond donors (Lipinski definition) is 1. The Balaban J connectivity index is 1.88. The van der Waals surface area contributed by atoms with Gasteiger partial charge in [0.25, 0.3) is 5.91 Å². The standard InChI is InChI=1S/C21H22ClNO3/c1-3-15(2)18-9-4-5-10-19(18)23-20(24)14-26-21(25)12-11-16-7-6-8-17(22)13-16/h4-13,15H,3,14H2,1-2H3,(H,23,24)/b12-11+/t15-/m1/s1. The maximum absolute atomic E-state index is 12.1. The van der Waals surface area contributed by atoms with Crippen molar-refractivity contribution >= 4 is 35.2 Å². The molecule has 2 rings (SSSR count). The summed E-state index contributed by atoms with van der Waals surface area (Å²) < 4.78 is 4.98. The highest BCUT2D eigenvalue weighted by Crippen LogP contribution is 2.26. The lowest BCUT2D eigenvalue weighted by Gasteiger charge is -2.15. The van der Waals surface area contributed by atoms with Crippen molar-refractivity contribution in [3.8, 4) is 0 Å². The summed E-state index contributed by atoms with van der Waals surface area (Å²) in [7, 11) is 0. The first-order valence-electron chi connectivity index (χ1n) is 8.48. The van der Waals surface area contributed by atoms with E-state index in [2.05, 4.69) is 19.2 Å². The van der Waals surface area contributed by atoms with Gasteiger partial charge in [-0.2, -0.15) is 0 Å². The fourth-order valence-electron chi connectivity index (χ4n) is 2.41. The molecule has 0 aliphatic heterocycles. The fraction of sp³-hybridized carbons (Fsp3) is 0.238. The van der Waals surface area contributed by atoms with Gasteiger partial charge in [-0.05, 0) is 47.7 Å². The Kier molecular flexibility index (Phi) is 7.42. The first-order valence-corrected chi connectivity index (χ1v) is 8.86. The molecule has 0 saturated carbocycles. The second kappa shape index (κ2) is 9.78. The third kappa shape index (κ3) is 6.05. The molecule has 1 atom stereocenters. The molecule has 2 aromatic rings. The summed E-state index contributed by atoms with van der Waals surface area (Å²) in [5.41, 5.74) is 2.59. The van der Waals surface area contributed by atoms with Crippen LogP contribution in [-0.2, 0) is 14.3 Å². The zero-order chi connectivity index (χ0) is 18.9. The van der Waals surface area contributed by atoms with Crippen molar-refractivity contribution in [1.29, 1.82) is 0 Å². The zero-order valence-corrected chi connectivity index (χ0v) is 15.6. The summed E-state index contributed by atoms with van der Waals surface area (Å²) in [6, 6.07) is 14.7. The summed E-state index contributed by atoms with van der Waals surface area (Å²) in [6.45, 7) is 3.86. The molecule has 1 N–H and O–H groups in total. The van der Waals surface area contributed by atoms with Crippen LogP contribution in [0.2, 0.25) is 5.02 Å². The van der Waals surface area contributed by atoms with Crippen LogP contribution in [0, 0.1) is 0 Å². The summed E-state index contributed by atoms with van der Waals surface area (Å²) in [5, 5.41) is 3.39. The number of benzene rings is 2. The summed E-state index contributed by atoms with van der Waals surface area (Å²) >= 11 is 5.88. The van der Waals surface area contributed by atoms with Gasteiger partial charge in [-0.15, -0.1) is 0 Å². The molecule has 5 heteroatoms. The maximum atomic E-state index is 12.1. The molecular weight excluding hydrogens is 350 g/mol. The number of para-hydroxylation sites is 1. The van der Waals surface area contributed by atoms with Crippen LogP contribution in [0.5, 0.6) is 0 Å². The van der Waals surface area contributed by atoms with Crippen LogP contribution in [0.15, 0.2) is 54.6 Å². The largest absolute Gasteiger partial charge is 0.452 e. The average molecular weight is 372 g/mol. The Labute approximate surface area is 158 Å². The Bertz CT molecular complexity index is 801. The molecule has 2 aromatic carbocycles. The first-order chi connectivity index (χ1) is 12.5. The Morgan fingerprint density at radius 3 is 2.69 bits per heavy atom. The Morgan fingerprint density at radius 1 is 1.19 bits per heavy atom. The van der Waals surface area contributed by atoms with Gasteiger partial charge in [0, 0.05) is 16.8 Å². The molecule has 0 heterocycles. The van der Waals surface area contributed by atoms with Gasteiger partial charge in [0.15, 0.2) is 6.61 Å². The number of rotatable bonds is 7. The molecule has 0 bridgehead atoms. The molecule has 0 fully saturated rings. The minimum atomic E-state index is -0.588. The molecule has 0 radical (unpaired) electrons. The van der Waals surface area contributed by atoms with Crippen molar-refractivity contribution in [3.63, 3.8) is 0 Å². The topological polar surface area (TPSA) is 55.4 Å². The quantitative estimate of drug-likeness (QED) is 0.547. The van der Waals surface area contributed by atoms with Gasteiger partial charge < -0.3 is 10.1 Å². The molecule has 0 aliphatic rings. The SMILES string of the molecule is CC[C@@H](C)c1ccccc1NC(=O)COC(=O)/C=C/c1cccc(Cl)c1. The van der Waals surface area contributed by atoms with Gasteiger partial charge in [-0.25, -0.2) is 4.79 Å². The van der Waals surface area contributed by atoms with E-state index in [-0.39, 0.29) is 12.5 Å². The van der Waals surface area contributed by atoms with E-state index in [0.717, 1.165) is 23.2 Å². The highest BCUT2D eigenvalue weighted by molar-refractivity contribution is 6.30. The second-order valence-electron chi connectivity index (χ2n) is 5.94. The van der Waals surface area contributed by atoms with E-state index in [0.29, 0.717) is 10.9 Å². The minimum Gasteiger partial charge on any atom is -0.452 e. The average Bonchev–Trinajstić information content (AvgIpc) is 2.64. The van der Waals surface area contributed by atoms with Gasteiger partial charge in [-0.1, -0.05) is 55.8 Å². The molecule has 1 amide bonds. The Morgan fingerprint density at radius 2 is 1.96 bits per heavy atom. The normalized spacial score (nSPS) is 12.0. The van der Waals surface area contributed by atoms with E-state index in [4.69, 9.17) is 16.3 Å². The van der Waals surface area contributed by atoms with Gasteiger partial charge in [-0.3, -0.25) is 4.79 Å². The van der Waals surface area contributed by atoms with Crippen LogP contribution >= 0.6 is 11.6 Å². The number of amides is 1. The first kappa shape index (κ1) is 19.7. The molecule has 4 nitrogen and oxygen atoms in total. The van der Waals surface area contributed by atoms with Crippen LogP contribution < -0.4 is 5.32 Å². The molecular formula is C21H22ClNO3. The third-order valence-corrected chi connectivity index (χ3v) is 4.22. The summed E-state index contributed by atoms with van der Waals surface area (Å²) in [5.74, 6) is -0.629. The van der Waals surface area contributed by atoms with Crippen molar-refractivity contribution < 1.29 is 14.3 Å². The molecule has 26 heavy (non-hydrogen) atoms. The second-order valence-corrected chi connectivity index (χ2v) is 6.38. The lowest BCUT2D eigenvalue weighted by Crippen LogP contribution is -2.21. The lowest BCUT2D eigenvalue weighted by atomic mass is 9.97. The predicted molar refractivity (Wildman–Crippen MR) is 105 cm³/mol. The van der Waals surface area contributed by atoms with E-state index in [9.17, 15) is 9.59 Å². The minimum absolute atomic E-state index is 0.328. The van der Waals surface area contributed by atoms with Gasteiger partial charge in [0.05, 0.1) is 0 Å². The number of anilines is 1. The maximum Gasteiger partial charge on any atom is 0.331 e. The number of hydrogen-bond acceptors (Lipinski definition) is 3.